The number of hydrogen-bond acceptors (Lipinski definition) is 4. The standard InChI is InChI=1S/C20H16N4S/c1-2-11-24-17(3-1)23-18(19(24)16-8-12-25-13-16)14-4-6-15(7-5-14)20-21-9-10-22-20/h1-8,11-13H,9-10H2,(H,21,22). The fraction of sp³-hybridized carbons (Fsp3) is 0.100. The summed E-state index contributed by atoms with van der Waals surface area (Å²) in [5.41, 5.74) is 6.56. The third-order valence-electron chi connectivity index (χ3n) is 4.43. The summed E-state index contributed by atoms with van der Waals surface area (Å²) in [4.78, 5) is 9.38. The van der Waals surface area contributed by atoms with E-state index in [1.807, 2.05) is 18.2 Å². The monoisotopic (exact) mass is 344 g/mol. The SMILES string of the molecule is c1ccn2c(-c3ccsc3)c(-c3ccc(C4=NCCN4)cc3)nc2c1. The number of nitrogens with one attached hydrogen (secondary N) is 1. The Kier molecular flexibility index (Phi) is 3.38. The molecule has 25 heavy (non-hydrogen) atoms. The normalized spacial score (nSPS) is 13.8. The van der Waals surface area contributed by atoms with Crippen LogP contribution in [-0.2, 0) is 0 Å². The van der Waals surface area contributed by atoms with Crippen molar-refractivity contribution in [1.29, 1.82) is 0 Å². The van der Waals surface area contributed by atoms with Gasteiger partial charge in [0.15, 0.2) is 0 Å². The van der Waals surface area contributed by atoms with Gasteiger partial charge in [-0.15, -0.1) is 0 Å². The molecule has 4 heterocycles. The molecule has 5 heteroatoms. The van der Waals surface area contributed by atoms with Gasteiger partial charge in [0, 0.05) is 34.8 Å². The van der Waals surface area contributed by atoms with Crippen LogP contribution in [0.1, 0.15) is 5.56 Å². The molecule has 1 N–H and O–H groups in total. The molecule has 4 nitrogen and oxygen atoms in total. The quantitative estimate of drug-likeness (QED) is 0.608. The summed E-state index contributed by atoms with van der Waals surface area (Å²) in [6.07, 6.45) is 2.07. The van der Waals surface area contributed by atoms with Gasteiger partial charge in [-0.1, -0.05) is 30.3 Å². The van der Waals surface area contributed by atoms with Gasteiger partial charge in [0.25, 0.3) is 0 Å². The van der Waals surface area contributed by atoms with E-state index in [9.17, 15) is 0 Å². The maximum atomic E-state index is 4.89. The maximum Gasteiger partial charge on any atom is 0.137 e. The number of nitrogens with zero attached hydrogens (tertiary/aromatic N) is 3. The molecule has 0 saturated heterocycles. The second kappa shape index (κ2) is 5.86. The summed E-state index contributed by atoms with van der Waals surface area (Å²) in [6.45, 7) is 1.78. The molecule has 0 atom stereocenters. The summed E-state index contributed by atoms with van der Waals surface area (Å²) in [7, 11) is 0. The Balaban J connectivity index is 1.66. The van der Waals surface area contributed by atoms with Gasteiger partial charge in [0.2, 0.25) is 0 Å². The van der Waals surface area contributed by atoms with Crippen molar-refractivity contribution in [2.75, 3.05) is 13.1 Å². The molecule has 0 saturated carbocycles. The van der Waals surface area contributed by atoms with E-state index in [-0.39, 0.29) is 0 Å². The Bertz CT molecular complexity index is 1060. The van der Waals surface area contributed by atoms with Crippen molar-refractivity contribution in [3.8, 4) is 22.5 Å². The van der Waals surface area contributed by atoms with Crippen molar-refractivity contribution >= 4 is 22.8 Å². The highest BCUT2D eigenvalue weighted by molar-refractivity contribution is 7.08. The number of aliphatic imine (C=N–C) groups is 1. The van der Waals surface area contributed by atoms with Crippen LogP contribution in [0.4, 0.5) is 0 Å². The highest BCUT2D eigenvalue weighted by atomic mass is 32.1. The van der Waals surface area contributed by atoms with E-state index in [0.717, 1.165) is 47.1 Å². The highest BCUT2D eigenvalue weighted by Gasteiger charge is 2.16. The zero-order valence-corrected chi connectivity index (χ0v) is 14.3. The number of amidine groups is 1. The molecule has 0 amide bonds. The van der Waals surface area contributed by atoms with Gasteiger partial charge in [-0.25, -0.2) is 4.98 Å². The van der Waals surface area contributed by atoms with Crippen LogP contribution in [0.2, 0.25) is 0 Å². The average molecular weight is 344 g/mol. The lowest BCUT2D eigenvalue weighted by Crippen LogP contribution is -2.19. The molecular weight excluding hydrogens is 328 g/mol. The Morgan fingerprint density at radius 1 is 0.960 bits per heavy atom. The van der Waals surface area contributed by atoms with Crippen molar-refractivity contribution < 1.29 is 0 Å². The number of imidazole rings is 1. The first-order chi connectivity index (χ1) is 12.4. The second-order valence-corrected chi connectivity index (χ2v) is 6.76. The van der Waals surface area contributed by atoms with E-state index in [1.165, 1.54) is 5.56 Å². The Labute approximate surface area is 149 Å². The van der Waals surface area contributed by atoms with Crippen molar-refractivity contribution in [3.05, 3.63) is 71.1 Å². The molecule has 0 aliphatic carbocycles. The smallest absolute Gasteiger partial charge is 0.137 e. The predicted molar refractivity (Wildman–Crippen MR) is 103 cm³/mol. The molecule has 0 bridgehead atoms. The second-order valence-electron chi connectivity index (χ2n) is 5.98. The first-order valence-electron chi connectivity index (χ1n) is 8.29. The van der Waals surface area contributed by atoms with E-state index < -0.39 is 0 Å². The number of pyridine rings is 1. The zero-order chi connectivity index (χ0) is 16.6. The molecule has 5 rings (SSSR count). The van der Waals surface area contributed by atoms with Crippen molar-refractivity contribution in [2.24, 2.45) is 4.99 Å². The predicted octanol–water partition coefficient (Wildman–Crippen LogP) is 4.08. The van der Waals surface area contributed by atoms with Gasteiger partial charge >= 0.3 is 0 Å². The number of benzene rings is 1. The Morgan fingerprint density at radius 2 is 1.84 bits per heavy atom. The summed E-state index contributed by atoms with van der Waals surface area (Å²) < 4.78 is 2.16. The molecule has 122 valence electrons. The van der Waals surface area contributed by atoms with Crippen LogP contribution in [0.5, 0.6) is 0 Å². The molecule has 0 unspecified atom stereocenters. The summed E-state index contributed by atoms with van der Waals surface area (Å²) in [5, 5.41) is 7.60. The minimum atomic E-state index is 0.853. The first-order valence-corrected chi connectivity index (χ1v) is 9.23. The largest absolute Gasteiger partial charge is 0.368 e. The lowest BCUT2D eigenvalue weighted by Gasteiger charge is -2.06. The maximum absolute atomic E-state index is 4.89. The van der Waals surface area contributed by atoms with Gasteiger partial charge in [-0.05, 0) is 23.6 Å². The van der Waals surface area contributed by atoms with Gasteiger partial charge in [-0.2, -0.15) is 11.3 Å². The van der Waals surface area contributed by atoms with E-state index >= 15 is 0 Å². The molecular formula is C20H16N4S. The fourth-order valence-electron chi connectivity index (χ4n) is 3.25. The molecule has 1 aliphatic heterocycles. The average Bonchev–Trinajstić information content (AvgIpc) is 3.40. The van der Waals surface area contributed by atoms with Gasteiger partial charge in [0.1, 0.15) is 11.5 Å². The molecule has 0 spiro atoms. The van der Waals surface area contributed by atoms with Crippen molar-refractivity contribution in [3.63, 3.8) is 0 Å². The minimum absolute atomic E-state index is 0.853. The van der Waals surface area contributed by atoms with Gasteiger partial charge < -0.3 is 5.32 Å². The zero-order valence-electron chi connectivity index (χ0n) is 13.5. The topological polar surface area (TPSA) is 41.7 Å². The van der Waals surface area contributed by atoms with Crippen molar-refractivity contribution in [1.82, 2.24) is 14.7 Å². The summed E-state index contributed by atoms with van der Waals surface area (Å²) >= 11 is 1.70. The molecule has 0 fully saturated rings. The van der Waals surface area contributed by atoms with E-state index in [1.54, 1.807) is 11.3 Å². The van der Waals surface area contributed by atoms with Crippen LogP contribution < -0.4 is 5.32 Å². The van der Waals surface area contributed by atoms with E-state index in [4.69, 9.17) is 4.98 Å². The number of thiophene rings is 1. The number of rotatable bonds is 3. The summed E-state index contributed by atoms with van der Waals surface area (Å²) in [5.74, 6) is 0.986. The minimum Gasteiger partial charge on any atom is -0.368 e. The fourth-order valence-corrected chi connectivity index (χ4v) is 3.89. The Morgan fingerprint density at radius 3 is 2.60 bits per heavy atom. The van der Waals surface area contributed by atoms with E-state index in [2.05, 4.69) is 62.0 Å². The lowest BCUT2D eigenvalue weighted by molar-refractivity contribution is 0.960. The highest BCUT2D eigenvalue weighted by Crippen LogP contribution is 2.33. The molecule has 3 aromatic heterocycles. The summed E-state index contributed by atoms with van der Waals surface area (Å²) in [6, 6.07) is 16.8. The third kappa shape index (κ3) is 2.44. The van der Waals surface area contributed by atoms with Crippen LogP contribution in [-0.4, -0.2) is 28.3 Å². The lowest BCUT2D eigenvalue weighted by atomic mass is 10.0. The third-order valence-corrected chi connectivity index (χ3v) is 5.11. The molecule has 1 aromatic carbocycles. The van der Waals surface area contributed by atoms with Crippen LogP contribution in [0.25, 0.3) is 28.2 Å². The van der Waals surface area contributed by atoms with Crippen LogP contribution >= 0.6 is 11.3 Å². The van der Waals surface area contributed by atoms with Crippen LogP contribution in [0.15, 0.2) is 70.5 Å². The van der Waals surface area contributed by atoms with Gasteiger partial charge in [0.05, 0.1) is 17.9 Å². The van der Waals surface area contributed by atoms with Crippen molar-refractivity contribution in [2.45, 2.75) is 0 Å². The first kappa shape index (κ1) is 14.4. The van der Waals surface area contributed by atoms with Crippen LogP contribution in [0, 0.1) is 0 Å². The number of aromatic nitrogens is 2. The van der Waals surface area contributed by atoms with Gasteiger partial charge in [-0.3, -0.25) is 9.39 Å². The Hall–Kier alpha value is -2.92. The molecule has 1 aliphatic rings. The molecule has 0 radical (unpaired) electrons. The van der Waals surface area contributed by atoms with E-state index in [0.29, 0.717) is 0 Å². The number of hydrogen-bond donors (Lipinski definition) is 1. The van der Waals surface area contributed by atoms with Crippen LogP contribution in [0.3, 0.4) is 0 Å². The number of fused-ring (bicyclic) bond motifs is 1. The molecule has 4 aromatic rings.